The average molecular weight is 225 g/mol. The molecule has 1 aromatic heterocycles. The molecule has 0 aliphatic rings. The van der Waals surface area contributed by atoms with Crippen LogP contribution in [0.3, 0.4) is 0 Å². The molecular weight excluding hydrogens is 217 g/mol. The van der Waals surface area contributed by atoms with Crippen LogP contribution in [0, 0.1) is 0 Å². The number of rotatable bonds is 2. The van der Waals surface area contributed by atoms with Gasteiger partial charge in [-0.05, 0) is 30.6 Å². The number of aromatic carboxylic acids is 1. The lowest BCUT2D eigenvalue weighted by Crippen LogP contribution is -1.94. The van der Waals surface area contributed by atoms with Crippen molar-refractivity contribution in [2.75, 3.05) is 0 Å². The number of benzene rings is 1. The predicted octanol–water partition coefficient (Wildman–Crippen LogP) is 3.03. The van der Waals surface area contributed by atoms with Crippen LogP contribution in [0.2, 0.25) is 0 Å². The van der Waals surface area contributed by atoms with Crippen LogP contribution in [0.15, 0.2) is 18.2 Å². The van der Waals surface area contributed by atoms with E-state index in [0.717, 1.165) is 11.5 Å². The summed E-state index contributed by atoms with van der Waals surface area (Å²) in [6.45, 7) is 1.42. The van der Waals surface area contributed by atoms with E-state index < -0.39 is 12.1 Å². The second kappa shape index (κ2) is 3.58. The fourth-order valence-electron chi connectivity index (χ4n) is 1.38. The van der Waals surface area contributed by atoms with Gasteiger partial charge < -0.3 is 5.11 Å². The largest absolute Gasteiger partial charge is 0.478 e. The summed E-state index contributed by atoms with van der Waals surface area (Å²) >= 11 is 1.12. The van der Waals surface area contributed by atoms with Gasteiger partial charge in [0.15, 0.2) is 0 Å². The van der Waals surface area contributed by atoms with Gasteiger partial charge in [0.1, 0.15) is 6.17 Å². The minimum atomic E-state index is -1.13. The van der Waals surface area contributed by atoms with E-state index in [1.165, 1.54) is 19.1 Å². The Kier molecular flexibility index (Phi) is 2.40. The van der Waals surface area contributed by atoms with E-state index in [0.29, 0.717) is 15.8 Å². The molecule has 0 aliphatic heterocycles. The molecule has 15 heavy (non-hydrogen) atoms. The van der Waals surface area contributed by atoms with Crippen LogP contribution in [-0.4, -0.2) is 15.4 Å². The fourth-order valence-corrected chi connectivity index (χ4v) is 2.27. The molecule has 78 valence electrons. The van der Waals surface area contributed by atoms with Gasteiger partial charge in [-0.15, -0.1) is 0 Å². The van der Waals surface area contributed by atoms with Crippen LogP contribution in [-0.2, 0) is 0 Å². The Morgan fingerprint density at radius 3 is 2.93 bits per heavy atom. The Labute approximate surface area is 89.3 Å². The normalized spacial score (nSPS) is 12.9. The summed E-state index contributed by atoms with van der Waals surface area (Å²) in [7, 11) is 0. The molecule has 0 bridgehead atoms. The predicted molar refractivity (Wildman–Crippen MR) is 56.1 cm³/mol. The van der Waals surface area contributed by atoms with Crippen molar-refractivity contribution in [1.29, 1.82) is 0 Å². The van der Waals surface area contributed by atoms with E-state index in [1.54, 1.807) is 6.07 Å². The van der Waals surface area contributed by atoms with Crippen molar-refractivity contribution in [3.05, 3.63) is 29.5 Å². The molecule has 0 saturated heterocycles. The summed E-state index contributed by atoms with van der Waals surface area (Å²) in [4.78, 5) is 10.7. The number of fused-ring (bicyclic) bond motifs is 1. The van der Waals surface area contributed by atoms with Gasteiger partial charge in [0.05, 0.1) is 16.0 Å². The van der Waals surface area contributed by atoms with Crippen molar-refractivity contribution in [2.45, 2.75) is 13.1 Å². The number of carbonyl (C=O) groups is 1. The van der Waals surface area contributed by atoms with Crippen molar-refractivity contribution in [2.24, 2.45) is 0 Å². The Morgan fingerprint density at radius 1 is 1.60 bits per heavy atom. The molecule has 0 saturated carbocycles. The number of alkyl halides is 1. The number of halogens is 1. The summed E-state index contributed by atoms with van der Waals surface area (Å²) in [6.07, 6.45) is -1.13. The van der Waals surface area contributed by atoms with Crippen molar-refractivity contribution < 1.29 is 14.3 Å². The highest BCUT2D eigenvalue weighted by Gasteiger charge is 2.13. The molecular formula is C10H8FNO2S. The Balaban J connectivity index is 2.61. The lowest BCUT2D eigenvalue weighted by Gasteiger charge is -1.98. The fraction of sp³-hybridized carbons (Fsp3) is 0.200. The number of hydrogen-bond donors (Lipinski definition) is 1. The topological polar surface area (TPSA) is 50.2 Å². The molecule has 3 nitrogen and oxygen atoms in total. The van der Waals surface area contributed by atoms with Gasteiger partial charge in [-0.3, -0.25) is 0 Å². The van der Waals surface area contributed by atoms with Gasteiger partial charge >= 0.3 is 5.97 Å². The summed E-state index contributed by atoms with van der Waals surface area (Å²) in [6, 6.07) is 4.58. The van der Waals surface area contributed by atoms with Crippen LogP contribution in [0.5, 0.6) is 0 Å². The number of carboxylic acid groups (broad SMARTS) is 1. The lowest BCUT2D eigenvalue weighted by molar-refractivity contribution is 0.0697. The summed E-state index contributed by atoms with van der Waals surface area (Å²) in [5, 5.41) is 9.46. The zero-order valence-corrected chi connectivity index (χ0v) is 8.71. The molecule has 2 aromatic rings. The van der Waals surface area contributed by atoms with Crippen molar-refractivity contribution >= 4 is 27.6 Å². The first-order chi connectivity index (χ1) is 7.09. The van der Waals surface area contributed by atoms with Gasteiger partial charge in [0.2, 0.25) is 0 Å². The lowest BCUT2D eigenvalue weighted by atomic mass is 10.1. The highest BCUT2D eigenvalue weighted by molar-refractivity contribution is 7.13. The highest BCUT2D eigenvalue weighted by Crippen LogP contribution is 2.29. The number of nitrogens with zero attached hydrogens (tertiary/aromatic N) is 1. The van der Waals surface area contributed by atoms with Crippen LogP contribution in [0.25, 0.3) is 10.1 Å². The SMILES string of the molecule is CC(F)c1nsc2cc(C(=O)O)ccc12. The third kappa shape index (κ3) is 1.70. The summed E-state index contributed by atoms with van der Waals surface area (Å²) in [5.41, 5.74) is 0.580. The van der Waals surface area contributed by atoms with E-state index in [4.69, 9.17) is 5.11 Å². The Hall–Kier alpha value is -1.49. The van der Waals surface area contributed by atoms with Crippen LogP contribution in [0.4, 0.5) is 4.39 Å². The maximum Gasteiger partial charge on any atom is 0.335 e. The van der Waals surface area contributed by atoms with Crippen LogP contribution >= 0.6 is 11.5 Å². The second-order valence-electron chi connectivity index (χ2n) is 3.20. The van der Waals surface area contributed by atoms with E-state index in [-0.39, 0.29) is 5.56 Å². The summed E-state index contributed by atoms with van der Waals surface area (Å²) < 4.78 is 17.8. The Bertz CT molecular complexity index is 521. The molecule has 0 radical (unpaired) electrons. The Morgan fingerprint density at radius 2 is 2.33 bits per heavy atom. The molecule has 0 fully saturated rings. The molecule has 0 spiro atoms. The molecule has 1 heterocycles. The van der Waals surface area contributed by atoms with Crippen molar-refractivity contribution in [3.8, 4) is 0 Å². The van der Waals surface area contributed by atoms with E-state index in [9.17, 15) is 9.18 Å². The van der Waals surface area contributed by atoms with Crippen molar-refractivity contribution in [3.63, 3.8) is 0 Å². The van der Waals surface area contributed by atoms with Gasteiger partial charge in [-0.2, -0.15) is 4.37 Å². The highest BCUT2D eigenvalue weighted by atomic mass is 32.1. The molecule has 2 rings (SSSR count). The minimum Gasteiger partial charge on any atom is -0.478 e. The zero-order valence-electron chi connectivity index (χ0n) is 7.90. The monoisotopic (exact) mass is 225 g/mol. The van der Waals surface area contributed by atoms with Crippen molar-refractivity contribution in [1.82, 2.24) is 4.37 Å². The summed E-state index contributed by atoms with van der Waals surface area (Å²) in [5.74, 6) is -0.986. The van der Waals surface area contributed by atoms with Gasteiger partial charge in [0, 0.05) is 5.39 Å². The second-order valence-corrected chi connectivity index (χ2v) is 4.00. The first-order valence-electron chi connectivity index (χ1n) is 4.36. The average Bonchev–Trinajstić information content (AvgIpc) is 2.59. The maximum absolute atomic E-state index is 13.1. The molecule has 1 atom stereocenters. The van der Waals surface area contributed by atoms with Crippen LogP contribution < -0.4 is 0 Å². The quantitative estimate of drug-likeness (QED) is 0.854. The number of hydrogen-bond acceptors (Lipinski definition) is 3. The smallest absolute Gasteiger partial charge is 0.335 e. The first kappa shape index (κ1) is 10.0. The van der Waals surface area contributed by atoms with E-state index >= 15 is 0 Å². The molecule has 5 heteroatoms. The zero-order chi connectivity index (χ0) is 11.0. The van der Waals surface area contributed by atoms with E-state index in [1.807, 2.05) is 0 Å². The van der Waals surface area contributed by atoms with Crippen LogP contribution in [0.1, 0.15) is 29.1 Å². The molecule has 1 unspecified atom stereocenters. The first-order valence-corrected chi connectivity index (χ1v) is 5.13. The number of carboxylic acids is 1. The van der Waals surface area contributed by atoms with E-state index in [2.05, 4.69) is 4.37 Å². The van der Waals surface area contributed by atoms with Gasteiger partial charge in [0.25, 0.3) is 0 Å². The molecule has 0 aliphatic carbocycles. The molecule has 1 aromatic carbocycles. The molecule has 1 N–H and O–H groups in total. The minimum absolute atomic E-state index is 0.198. The number of aromatic nitrogens is 1. The third-order valence-electron chi connectivity index (χ3n) is 2.12. The maximum atomic E-state index is 13.1. The standard InChI is InChI=1S/C10H8FNO2S/c1-5(11)9-7-3-2-6(10(13)14)4-8(7)15-12-9/h2-5H,1H3,(H,13,14). The third-order valence-corrected chi connectivity index (χ3v) is 2.95. The van der Waals surface area contributed by atoms with Gasteiger partial charge in [-0.1, -0.05) is 6.07 Å². The molecule has 0 amide bonds. The van der Waals surface area contributed by atoms with Gasteiger partial charge in [-0.25, -0.2) is 9.18 Å².